The average molecular weight is 407 g/mol. The van der Waals surface area contributed by atoms with Gasteiger partial charge in [0.1, 0.15) is 0 Å². The van der Waals surface area contributed by atoms with Gasteiger partial charge in [-0.25, -0.2) is 4.99 Å². The predicted molar refractivity (Wildman–Crippen MR) is 105 cm³/mol. The molecule has 1 fully saturated rings. The van der Waals surface area contributed by atoms with Gasteiger partial charge in [-0.2, -0.15) is 0 Å². The van der Waals surface area contributed by atoms with Crippen molar-refractivity contribution in [2.24, 2.45) is 4.99 Å². The summed E-state index contributed by atoms with van der Waals surface area (Å²) in [6, 6.07) is 8.93. The fourth-order valence-corrected chi connectivity index (χ4v) is 3.69. The summed E-state index contributed by atoms with van der Waals surface area (Å²) in [7, 11) is 0. The molecule has 132 valence electrons. The number of rotatable bonds is 2. The first-order valence-electron chi connectivity index (χ1n) is 7.65. The second-order valence-electron chi connectivity index (χ2n) is 5.62. The normalized spacial score (nSPS) is 18.7. The maximum absolute atomic E-state index is 12.3. The van der Waals surface area contributed by atoms with Gasteiger partial charge >= 0.3 is 0 Å². The third kappa shape index (κ3) is 3.28. The van der Waals surface area contributed by atoms with Crippen molar-refractivity contribution in [3.8, 4) is 11.5 Å². The zero-order valence-electron chi connectivity index (χ0n) is 13.5. The topological polar surface area (TPSA) is 59.9 Å². The van der Waals surface area contributed by atoms with Gasteiger partial charge in [0.2, 0.25) is 6.79 Å². The fraction of sp³-hybridized carbons (Fsp3) is 0.111. The first-order chi connectivity index (χ1) is 12.5. The number of nitrogens with one attached hydrogen (secondary N) is 1. The number of hydrogen-bond donors (Lipinski definition) is 1. The van der Waals surface area contributed by atoms with Crippen LogP contribution in [0.15, 0.2) is 40.2 Å². The summed E-state index contributed by atoms with van der Waals surface area (Å²) in [6.07, 6.45) is 1.80. The molecule has 0 unspecified atom stereocenters. The van der Waals surface area contributed by atoms with E-state index in [0.29, 0.717) is 37.3 Å². The van der Waals surface area contributed by atoms with Gasteiger partial charge in [0.05, 0.1) is 20.6 Å². The van der Waals surface area contributed by atoms with Gasteiger partial charge in [0, 0.05) is 0 Å². The minimum Gasteiger partial charge on any atom is -0.454 e. The number of fused-ring (bicyclic) bond motifs is 1. The fourth-order valence-electron chi connectivity index (χ4n) is 2.52. The SMILES string of the molecule is Cc1cc2c(cc1/C=C1/SC(=Nc3cccc(Cl)c3Cl)NC1=O)OCO2. The molecule has 0 atom stereocenters. The van der Waals surface area contributed by atoms with Crippen LogP contribution in [0.3, 0.4) is 0 Å². The Kier molecular flexibility index (Phi) is 4.56. The highest BCUT2D eigenvalue weighted by Gasteiger charge is 2.25. The molecule has 1 amide bonds. The number of benzene rings is 2. The molecule has 2 heterocycles. The summed E-state index contributed by atoms with van der Waals surface area (Å²) in [5.41, 5.74) is 2.37. The lowest BCUT2D eigenvalue weighted by Gasteiger charge is -2.03. The smallest absolute Gasteiger partial charge is 0.264 e. The van der Waals surface area contributed by atoms with E-state index in [-0.39, 0.29) is 12.7 Å². The molecule has 0 radical (unpaired) electrons. The van der Waals surface area contributed by atoms with Crippen molar-refractivity contribution in [1.29, 1.82) is 0 Å². The quantitative estimate of drug-likeness (QED) is 0.718. The van der Waals surface area contributed by atoms with Gasteiger partial charge in [-0.15, -0.1) is 0 Å². The number of ether oxygens (including phenoxy) is 2. The highest BCUT2D eigenvalue weighted by atomic mass is 35.5. The lowest BCUT2D eigenvalue weighted by molar-refractivity contribution is -0.115. The summed E-state index contributed by atoms with van der Waals surface area (Å²) in [5.74, 6) is 1.17. The molecule has 0 spiro atoms. The van der Waals surface area contributed by atoms with Crippen LogP contribution in [0.4, 0.5) is 5.69 Å². The minimum atomic E-state index is -0.219. The molecule has 0 saturated carbocycles. The predicted octanol–water partition coefficient (Wildman–Crippen LogP) is 4.92. The second kappa shape index (κ2) is 6.87. The van der Waals surface area contributed by atoms with Crippen LogP contribution in [-0.4, -0.2) is 17.9 Å². The Morgan fingerprint density at radius 1 is 1.23 bits per heavy atom. The van der Waals surface area contributed by atoms with Crippen molar-refractivity contribution in [2.75, 3.05) is 6.79 Å². The third-order valence-electron chi connectivity index (χ3n) is 3.85. The molecule has 1 N–H and O–H groups in total. The van der Waals surface area contributed by atoms with Crippen molar-refractivity contribution in [2.45, 2.75) is 6.92 Å². The zero-order valence-corrected chi connectivity index (χ0v) is 15.8. The van der Waals surface area contributed by atoms with Crippen molar-refractivity contribution >= 4 is 57.8 Å². The van der Waals surface area contributed by atoms with E-state index in [9.17, 15) is 4.79 Å². The number of hydrogen-bond acceptors (Lipinski definition) is 5. The number of aryl methyl sites for hydroxylation is 1. The maximum Gasteiger partial charge on any atom is 0.264 e. The molecular formula is C18H12Cl2N2O3S. The lowest BCUT2D eigenvalue weighted by Crippen LogP contribution is -2.19. The molecular weight excluding hydrogens is 395 g/mol. The van der Waals surface area contributed by atoms with E-state index in [0.717, 1.165) is 11.1 Å². The Morgan fingerprint density at radius 2 is 2.00 bits per heavy atom. The molecule has 2 aromatic rings. The standard InChI is InChI=1S/C18H12Cl2N2O3S/c1-9-5-13-14(25-8-24-13)6-10(9)7-15-17(23)22-18(26-15)21-12-4-2-3-11(19)16(12)20/h2-7H,8H2,1H3,(H,21,22,23)/b15-7+. The highest BCUT2D eigenvalue weighted by molar-refractivity contribution is 8.18. The molecule has 2 aliphatic rings. The van der Waals surface area contributed by atoms with Gasteiger partial charge in [0.25, 0.3) is 5.91 Å². The Hall–Kier alpha value is -2.15. The van der Waals surface area contributed by atoms with E-state index in [1.165, 1.54) is 11.8 Å². The van der Waals surface area contributed by atoms with Crippen LogP contribution in [0.2, 0.25) is 10.0 Å². The molecule has 0 bridgehead atoms. The van der Waals surface area contributed by atoms with Crippen LogP contribution in [0.5, 0.6) is 11.5 Å². The van der Waals surface area contributed by atoms with Crippen molar-refractivity contribution in [3.05, 3.63) is 56.4 Å². The maximum atomic E-state index is 12.3. The molecule has 2 aromatic carbocycles. The summed E-state index contributed by atoms with van der Waals surface area (Å²) in [4.78, 5) is 17.2. The van der Waals surface area contributed by atoms with E-state index in [1.54, 1.807) is 24.3 Å². The number of aliphatic imine (C=N–C) groups is 1. The van der Waals surface area contributed by atoms with Crippen LogP contribution < -0.4 is 14.8 Å². The van der Waals surface area contributed by atoms with Crippen LogP contribution in [0, 0.1) is 6.92 Å². The molecule has 0 aromatic heterocycles. The van der Waals surface area contributed by atoms with Gasteiger partial charge in [-0.05, 0) is 60.2 Å². The van der Waals surface area contributed by atoms with E-state index >= 15 is 0 Å². The third-order valence-corrected chi connectivity index (χ3v) is 5.57. The minimum absolute atomic E-state index is 0.210. The molecule has 5 nitrogen and oxygen atoms in total. The number of nitrogens with zero attached hydrogens (tertiary/aromatic N) is 1. The number of carbonyl (C=O) groups excluding carboxylic acids is 1. The molecule has 4 rings (SSSR count). The molecule has 1 saturated heterocycles. The largest absolute Gasteiger partial charge is 0.454 e. The molecule has 8 heteroatoms. The second-order valence-corrected chi connectivity index (χ2v) is 7.43. The molecule has 2 aliphatic heterocycles. The van der Waals surface area contributed by atoms with Crippen molar-refractivity contribution in [1.82, 2.24) is 5.32 Å². The Labute approximate surface area is 164 Å². The van der Waals surface area contributed by atoms with Crippen molar-refractivity contribution in [3.63, 3.8) is 0 Å². The monoisotopic (exact) mass is 406 g/mol. The van der Waals surface area contributed by atoms with Crippen LogP contribution in [0.1, 0.15) is 11.1 Å². The molecule has 0 aliphatic carbocycles. The first kappa shape index (κ1) is 17.3. The summed E-state index contributed by atoms with van der Waals surface area (Å²) >= 11 is 13.4. The van der Waals surface area contributed by atoms with Gasteiger partial charge in [-0.1, -0.05) is 29.3 Å². The summed E-state index contributed by atoms with van der Waals surface area (Å²) in [5, 5.41) is 3.95. The first-order valence-corrected chi connectivity index (χ1v) is 9.22. The number of halogens is 2. The van der Waals surface area contributed by atoms with Crippen LogP contribution in [0.25, 0.3) is 6.08 Å². The Morgan fingerprint density at radius 3 is 2.81 bits per heavy atom. The number of carbonyl (C=O) groups is 1. The van der Waals surface area contributed by atoms with E-state index < -0.39 is 0 Å². The Balaban J connectivity index is 1.63. The number of amides is 1. The van der Waals surface area contributed by atoms with E-state index in [2.05, 4.69) is 10.3 Å². The molecule has 26 heavy (non-hydrogen) atoms. The zero-order chi connectivity index (χ0) is 18.3. The van der Waals surface area contributed by atoms with E-state index in [1.807, 2.05) is 19.1 Å². The van der Waals surface area contributed by atoms with Crippen molar-refractivity contribution < 1.29 is 14.3 Å². The highest BCUT2D eigenvalue weighted by Crippen LogP contribution is 2.37. The lowest BCUT2D eigenvalue weighted by atomic mass is 10.1. The van der Waals surface area contributed by atoms with Gasteiger partial charge < -0.3 is 14.8 Å². The van der Waals surface area contributed by atoms with Gasteiger partial charge in [0.15, 0.2) is 16.7 Å². The summed E-state index contributed by atoms with van der Waals surface area (Å²) in [6.45, 7) is 2.16. The summed E-state index contributed by atoms with van der Waals surface area (Å²) < 4.78 is 10.8. The number of amidine groups is 1. The average Bonchev–Trinajstić information content (AvgIpc) is 3.18. The van der Waals surface area contributed by atoms with Crippen LogP contribution in [-0.2, 0) is 4.79 Å². The Bertz CT molecular complexity index is 989. The van der Waals surface area contributed by atoms with Crippen LogP contribution >= 0.6 is 35.0 Å². The van der Waals surface area contributed by atoms with Gasteiger partial charge in [-0.3, -0.25) is 4.79 Å². The number of thioether (sulfide) groups is 1. The van der Waals surface area contributed by atoms with E-state index in [4.69, 9.17) is 32.7 Å².